The van der Waals surface area contributed by atoms with Crippen molar-refractivity contribution in [2.24, 2.45) is 0 Å². The third kappa shape index (κ3) is 4.73. The second-order valence-corrected chi connectivity index (χ2v) is 8.26. The van der Waals surface area contributed by atoms with Gasteiger partial charge in [-0.15, -0.1) is 5.10 Å². The Hall–Kier alpha value is -2.13. The molecule has 0 spiro atoms. The molecule has 1 aromatic carbocycles. The molecule has 1 aliphatic heterocycles. The van der Waals surface area contributed by atoms with E-state index < -0.39 is 27.4 Å². The largest absolute Gasteiger partial charge is 0.472 e. The van der Waals surface area contributed by atoms with Gasteiger partial charge in [0.05, 0.1) is 18.0 Å². The zero-order valence-electron chi connectivity index (χ0n) is 14.2. The lowest BCUT2D eigenvalue weighted by Crippen LogP contribution is -2.44. The van der Waals surface area contributed by atoms with Crippen LogP contribution in [0.3, 0.4) is 0 Å². The molecule has 1 atom stereocenters. The molecule has 0 aliphatic carbocycles. The van der Waals surface area contributed by atoms with Crippen molar-refractivity contribution < 1.29 is 21.9 Å². The highest BCUT2D eigenvalue weighted by atomic mass is 32.2. The first-order chi connectivity index (χ1) is 12.3. The van der Waals surface area contributed by atoms with E-state index >= 15 is 0 Å². The Labute approximate surface area is 150 Å². The number of ether oxygens (including phenoxy) is 1. The smallest absolute Gasteiger partial charge is 0.233 e. The van der Waals surface area contributed by atoms with E-state index in [9.17, 15) is 17.2 Å². The molecule has 1 saturated heterocycles. The van der Waals surface area contributed by atoms with E-state index in [2.05, 4.69) is 10.2 Å². The summed E-state index contributed by atoms with van der Waals surface area (Å²) in [6, 6.07) is 6.22. The molecule has 1 aromatic heterocycles. The lowest BCUT2D eigenvalue weighted by atomic mass is 10.1. The molecular formula is C17H19F2N3O3S. The van der Waals surface area contributed by atoms with E-state index in [4.69, 9.17) is 4.74 Å². The first kappa shape index (κ1) is 18.7. The molecule has 1 unspecified atom stereocenters. The third-order valence-electron chi connectivity index (χ3n) is 4.07. The molecule has 3 rings (SSSR count). The predicted octanol–water partition coefficient (Wildman–Crippen LogP) is 2.44. The van der Waals surface area contributed by atoms with Gasteiger partial charge in [0.15, 0.2) is 0 Å². The van der Waals surface area contributed by atoms with Gasteiger partial charge in [-0.1, -0.05) is 0 Å². The number of halogens is 2. The van der Waals surface area contributed by atoms with Crippen LogP contribution in [-0.2, 0) is 15.8 Å². The van der Waals surface area contributed by atoms with Crippen LogP contribution in [0.25, 0.3) is 0 Å². The first-order valence-corrected chi connectivity index (χ1v) is 9.82. The van der Waals surface area contributed by atoms with E-state index in [1.54, 1.807) is 19.1 Å². The summed E-state index contributed by atoms with van der Waals surface area (Å²) in [5.74, 6) is -1.72. The first-order valence-electron chi connectivity index (χ1n) is 8.21. The minimum atomic E-state index is -3.72. The topological polar surface area (TPSA) is 72.4 Å². The molecule has 9 heteroatoms. The second kappa shape index (κ2) is 7.63. The highest BCUT2D eigenvalue weighted by Crippen LogP contribution is 2.21. The van der Waals surface area contributed by atoms with Crippen LogP contribution in [0.15, 0.2) is 30.3 Å². The zero-order valence-corrected chi connectivity index (χ0v) is 15.0. The van der Waals surface area contributed by atoms with Crippen LogP contribution >= 0.6 is 0 Å². The van der Waals surface area contributed by atoms with Gasteiger partial charge in [-0.25, -0.2) is 17.2 Å². The standard InChI is InChI=1S/C17H19F2N3O3S/c1-12-4-5-17(21-20-12)25-16-3-2-6-22(10-16)26(23,24)11-13-7-14(18)9-15(19)8-13/h4-5,7-9,16H,2-3,6,10-11H2,1H3. The quantitative estimate of drug-likeness (QED) is 0.793. The molecule has 6 nitrogen and oxygen atoms in total. The molecule has 0 radical (unpaired) electrons. The van der Waals surface area contributed by atoms with Crippen molar-refractivity contribution >= 4 is 10.0 Å². The average Bonchev–Trinajstić information content (AvgIpc) is 2.56. The monoisotopic (exact) mass is 383 g/mol. The van der Waals surface area contributed by atoms with Crippen molar-refractivity contribution in [2.45, 2.75) is 31.6 Å². The van der Waals surface area contributed by atoms with Gasteiger partial charge in [0.1, 0.15) is 17.7 Å². The normalized spacial score (nSPS) is 18.7. The molecule has 0 bridgehead atoms. The van der Waals surface area contributed by atoms with Gasteiger partial charge in [-0.05, 0) is 43.5 Å². The van der Waals surface area contributed by atoms with E-state index in [-0.39, 0.29) is 18.2 Å². The van der Waals surface area contributed by atoms with Crippen LogP contribution in [0.1, 0.15) is 24.1 Å². The van der Waals surface area contributed by atoms with Gasteiger partial charge >= 0.3 is 0 Å². The van der Waals surface area contributed by atoms with Crippen LogP contribution in [0.4, 0.5) is 8.78 Å². The lowest BCUT2D eigenvalue weighted by molar-refractivity contribution is 0.123. The molecule has 1 fully saturated rings. The maximum Gasteiger partial charge on any atom is 0.233 e. The number of aromatic nitrogens is 2. The van der Waals surface area contributed by atoms with Crippen LogP contribution < -0.4 is 4.74 Å². The minimum Gasteiger partial charge on any atom is -0.472 e. The van der Waals surface area contributed by atoms with Crippen LogP contribution in [-0.4, -0.2) is 42.1 Å². The average molecular weight is 383 g/mol. The highest BCUT2D eigenvalue weighted by molar-refractivity contribution is 7.88. The van der Waals surface area contributed by atoms with Gasteiger partial charge in [0.2, 0.25) is 15.9 Å². The molecule has 0 N–H and O–H groups in total. The highest BCUT2D eigenvalue weighted by Gasteiger charge is 2.30. The lowest BCUT2D eigenvalue weighted by Gasteiger charge is -2.31. The molecule has 2 aromatic rings. The van der Waals surface area contributed by atoms with Gasteiger partial charge in [0.25, 0.3) is 0 Å². The van der Waals surface area contributed by atoms with Crippen molar-refractivity contribution in [3.63, 3.8) is 0 Å². The fourth-order valence-electron chi connectivity index (χ4n) is 2.87. The molecule has 0 saturated carbocycles. The van der Waals surface area contributed by atoms with Crippen molar-refractivity contribution in [2.75, 3.05) is 13.1 Å². The molecule has 140 valence electrons. The number of piperidine rings is 1. The number of rotatable bonds is 5. The number of aryl methyl sites for hydroxylation is 1. The number of sulfonamides is 1. The molecule has 1 aliphatic rings. The van der Waals surface area contributed by atoms with E-state index in [1.807, 2.05) is 0 Å². The summed E-state index contributed by atoms with van der Waals surface area (Å²) in [5, 5.41) is 7.83. The zero-order chi connectivity index (χ0) is 18.7. The maximum atomic E-state index is 13.3. The van der Waals surface area contributed by atoms with E-state index in [1.165, 1.54) is 4.31 Å². The summed E-state index contributed by atoms with van der Waals surface area (Å²) >= 11 is 0. The minimum absolute atomic E-state index is 0.0787. The van der Waals surface area contributed by atoms with Crippen LogP contribution in [0, 0.1) is 18.6 Å². The summed E-state index contributed by atoms with van der Waals surface area (Å²) in [5.41, 5.74) is 0.836. The second-order valence-electron chi connectivity index (χ2n) is 6.29. The Morgan fingerprint density at radius 1 is 1.19 bits per heavy atom. The summed E-state index contributed by atoms with van der Waals surface area (Å²) in [4.78, 5) is 0. The van der Waals surface area contributed by atoms with Crippen molar-refractivity contribution in [3.05, 3.63) is 53.2 Å². The van der Waals surface area contributed by atoms with Gasteiger partial charge < -0.3 is 4.74 Å². The molecule has 2 heterocycles. The Morgan fingerprint density at radius 2 is 1.92 bits per heavy atom. The number of hydrogen-bond donors (Lipinski definition) is 0. The molecule has 0 amide bonds. The van der Waals surface area contributed by atoms with Crippen molar-refractivity contribution in [1.29, 1.82) is 0 Å². The summed E-state index contributed by atoms with van der Waals surface area (Å²) in [6.45, 7) is 2.32. The summed E-state index contributed by atoms with van der Waals surface area (Å²) in [7, 11) is -3.72. The molecular weight excluding hydrogens is 364 g/mol. The van der Waals surface area contributed by atoms with E-state index in [0.717, 1.165) is 17.8 Å². The van der Waals surface area contributed by atoms with Crippen molar-refractivity contribution in [1.82, 2.24) is 14.5 Å². The Kier molecular flexibility index (Phi) is 5.47. The Balaban J connectivity index is 1.68. The molecule has 26 heavy (non-hydrogen) atoms. The van der Waals surface area contributed by atoms with Gasteiger partial charge in [-0.3, -0.25) is 0 Å². The number of hydrogen-bond acceptors (Lipinski definition) is 5. The van der Waals surface area contributed by atoms with Gasteiger partial charge in [0, 0.05) is 18.7 Å². The van der Waals surface area contributed by atoms with Crippen LogP contribution in [0.2, 0.25) is 0 Å². The predicted molar refractivity (Wildman–Crippen MR) is 91.0 cm³/mol. The van der Waals surface area contributed by atoms with Crippen LogP contribution in [0.5, 0.6) is 5.88 Å². The third-order valence-corrected chi connectivity index (χ3v) is 5.88. The number of benzene rings is 1. The summed E-state index contributed by atoms with van der Waals surface area (Å²) in [6.07, 6.45) is 0.969. The Bertz CT molecular complexity index is 855. The van der Waals surface area contributed by atoms with E-state index in [0.29, 0.717) is 31.3 Å². The fourth-order valence-corrected chi connectivity index (χ4v) is 4.44. The van der Waals surface area contributed by atoms with Crippen molar-refractivity contribution in [3.8, 4) is 5.88 Å². The fraction of sp³-hybridized carbons (Fsp3) is 0.412. The Morgan fingerprint density at radius 3 is 2.58 bits per heavy atom. The number of nitrogens with zero attached hydrogens (tertiary/aromatic N) is 3. The SMILES string of the molecule is Cc1ccc(OC2CCCN(S(=O)(=O)Cc3cc(F)cc(F)c3)C2)nn1. The van der Waals surface area contributed by atoms with Gasteiger partial charge in [-0.2, -0.15) is 9.40 Å². The summed E-state index contributed by atoms with van der Waals surface area (Å²) < 4.78 is 58.9. The maximum absolute atomic E-state index is 13.3.